The van der Waals surface area contributed by atoms with Crippen LogP contribution in [0, 0.1) is 0 Å². The molecule has 234 valence electrons. The third kappa shape index (κ3) is 282. The van der Waals surface area contributed by atoms with Gasteiger partial charge in [0.15, 0.2) is 5.96 Å². The molecule has 0 heterocycles. The molecule has 9 N–H and O–H groups in total. The molecule has 1 atom stereocenters. The van der Waals surface area contributed by atoms with Gasteiger partial charge < -0.3 is 37.5 Å². The first-order valence-electron chi connectivity index (χ1n) is 12.4. The zero-order valence-corrected chi connectivity index (χ0v) is 26.5. The number of carbonyl (C=O) groups is 2. The quantitative estimate of drug-likeness (QED) is 0.213. The Kier molecular flexibility index (Phi) is 96.3. The van der Waals surface area contributed by atoms with Crippen LogP contribution in [0.5, 0.6) is 0 Å². The van der Waals surface area contributed by atoms with Crippen molar-refractivity contribution in [1.82, 2.24) is 5.32 Å². The molecule has 0 aromatic rings. The Morgan fingerprint density at radius 1 is 0.973 bits per heavy atom. The van der Waals surface area contributed by atoms with E-state index in [1.807, 2.05) is 48.5 Å². The summed E-state index contributed by atoms with van der Waals surface area (Å²) in [6, 6.07) is 0. The summed E-state index contributed by atoms with van der Waals surface area (Å²) >= 11 is 0. The maximum absolute atomic E-state index is 10.0. The second-order valence-corrected chi connectivity index (χ2v) is 8.67. The maximum Gasteiger partial charge on any atom is 0.216 e. The first-order valence-corrected chi connectivity index (χ1v) is 14.5. The molecule has 12 heteroatoms. The smallest absolute Gasteiger partial charge is 0.216 e. The molecule has 0 spiro atoms. The van der Waals surface area contributed by atoms with Crippen LogP contribution in [0.3, 0.4) is 0 Å². The lowest BCUT2D eigenvalue weighted by Gasteiger charge is -1.90. The highest BCUT2D eigenvalue weighted by molar-refractivity contribution is 7.90. The number of ketones is 1. The average Bonchev–Trinajstić information content (AvgIpc) is 2.77. The Hall–Kier alpha value is -1.76. The number of nitrogens with two attached hydrogens (primary N) is 3. The van der Waals surface area contributed by atoms with Gasteiger partial charge in [0.1, 0.15) is 15.6 Å². The van der Waals surface area contributed by atoms with E-state index >= 15 is 0 Å². The van der Waals surface area contributed by atoms with E-state index in [2.05, 4.69) is 10.3 Å². The monoisotopic (exact) mass is 565 g/mol. The van der Waals surface area contributed by atoms with Gasteiger partial charge in [0.2, 0.25) is 5.91 Å². The molecule has 0 saturated carbocycles. The van der Waals surface area contributed by atoms with E-state index in [4.69, 9.17) is 27.4 Å². The molecule has 0 bridgehead atoms. The number of aliphatic imine (C=N–C) groups is 1. The van der Waals surface area contributed by atoms with Gasteiger partial charge in [-0.05, 0) is 47.6 Å². The highest BCUT2D eigenvalue weighted by atomic mass is 32.2. The zero-order valence-electron chi connectivity index (χ0n) is 25.6. The first-order chi connectivity index (χ1) is 16.5. The van der Waals surface area contributed by atoms with Crippen LogP contribution in [-0.4, -0.2) is 80.6 Å². The number of amides is 1. The Morgan fingerprint density at radius 2 is 1.22 bits per heavy atom. The lowest BCUT2D eigenvalue weighted by molar-refractivity contribution is -0.119. The minimum absolute atomic E-state index is 0. The molecular formula is C25H67N5O6S. The summed E-state index contributed by atoms with van der Waals surface area (Å²) in [5, 5.41) is 18.5. The van der Waals surface area contributed by atoms with Crippen LogP contribution in [0.4, 0.5) is 0 Å². The maximum atomic E-state index is 10.0. The van der Waals surface area contributed by atoms with Gasteiger partial charge >= 0.3 is 0 Å². The predicted octanol–water partition coefficient (Wildman–Crippen LogP) is 2.86. The highest BCUT2D eigenvalue weighted by Crippen LogP contribution is 1.81. The van der Waals surface area contributed by atoms with Crippen molar-refractivity contribution in [3.63, 3.8) is 0 Å². The molecule has 0 rings (SSSR count). The van der Waals surface area contributed by atoms with E-state index < -0.39 is 9.84 Å². The Morgan fingerprint density at radius 3 is 1.22 bits per heavy atom. The van der Waals surface area contributed by atoms with Crippen LogP contribution in [-0.2, 0) is 19.4 Å². The fourth-order valence-corrected chi connectivity index (χ4v) is 0.432. The van der Waals surface area contributed by atoms with Gasteiger partial charge in [0.25, 0.3) is 0 Å². The number of sulfone groups is 1. The molecule has 0 aromatic carbocycles. The molecule has 0 saturated heterocycles. The molecule has 0 radical (unpaired) electrons. The van der Waals surface area contributed by atoms with Gasteiger partial charge in [0, 0.05) is 45.0 Å². The zero-order chi connectivity index (χ0) is 31.2. The molecule has 37 heavy (non-hydrogen) atoms. The SMILES string of the molecule is C.CC.CCC(C)=O.CCC(C)O.CCN.CCN=C(N)N.CCNC(C)=O.CCO.CCS(C)(=O)=O. The van der Waals surface area contributed by atoms with Crippen molar-refractivity contribution in [1.29, 1.82) is 0 Å². The fraction of sp³-hybridized carbons (Fsp3) is 0.880. The number of carbonyl (C=O) groups excluding carboxylic acids is 2. The van der Waals surface area contributed by atoms with Crippen LogP contribution in [0.2, 0.25) is 0 Å². The lowest BCUT2D eigenvalue weighted by Crippen LogP contribution is -2.22. The van der Waals surface area contributed by atoms with Gasteiger partial charge in [-0.3, -0.25) is 9.79 Å². The molecule has 11 nitrogen and oxygen atoms in total. The minimum atomic E-state index is -2.66. The van der Waals surface area contributed by atoms with Crippen molar-refractivity contribution in [2.24, 2.45) is 22.2 Å². The predicted molar refractivity (Wildman–Crippen MR) is 165 cm³/mol. The van der Waals surface area contributed by atoms with Crippen molar-refractivity contribution >= 4 is 27.5 Å². The number of nitrogens with one attached hydrogen (secondary N) is 1. The summed E-state index contributed by atoms with van der Waals surface area (Å²) in [5.74, 6) is 0.701. The van der Waals surface area contributed by atoms with Gasteiger partial charge in [-0.15, -0.1) is 0 Å². The molecular weight excluding hydrogens is 498 g/mol. The second-order valence-electron chi connectivity index (χ2n) is 6.24. The third-order valence-electron chi connectivity index (χ3n) is 2.38. The number of guanidine groups is 1. The van der Waals surface area contributed by atoms with Crippen molar-refractivity contribution in [3.8, 4) is 0 Å². The molecule has 0 aliphatic heterocycles. The van der Waals surface area contributed by atoms with Gasteiger partial charge in [-0.2, -0.15) is 0 Å². The first kappa shape index (κ1) is 60.0. The number of hydrogen-bond donors (Lipinski definition) is 6. The number of nitrogens with zero attached hydrogens (tertiary/aromatic N) is 1. The lowest BCUT2D eigenvalue weighted by atomic mass is 10.3. The van der Waals surface area contributed by atoms with E-state index in [9.17, 15) is 18.0 Å². The topological polar surface area (TPSA) is 211 Å². The minimum Gasteiger partial charge on any atom is -0.397 e. The van der Waals surface area contributed by atoms with Crippen LogP contribution in [0.25, 0.3) is 0 Å². The van der Waals surface area contributed by atoms with Gasteiger partial charge in [-0.1, -0.05) is 49.0 Å². The molecule has 0 fully saturated rings. The third-order valence-corrected chi connectivity index (χ3v) is 3.43. The summed E-state index contributed by atoms with van der Waals surface area (Å²) in [5.41, 5.74) is 14.7. The number of hydrogen-bond acceptors (Lipinski definition) is 8. The van der Waals surface area contributed by atoms with Crippen LogP contribution in [0.15, 0.2) is 4.99 Å². The van der Waals surface area contributed by atoms with Crippen LogP contribution < -0.4 is 22.5 Å². The van der Waals surface area contributed by atoms with Gasteiger partial charge in [0.05, 0.1) is 6.10 Å². The molecule has 1 amide bonds. The number of aliphatic hydroxyl groups excluding tert-OH is 2. The normalized spacial score (nSPS) is 8.54. The van der Waals surface area contributed by atoms with Crippen molar-refractivity contribution in [3.05, 3.63) is 0 Å². The molecule has 0 aliphatic carbocycles. The van der Waals surface area contributed by atoms with E-state index in [-0.39, 0.29) is 43.5 Å². The summed E-state index contributed by atoms with van der Waals surface area (Å²) in [4.78, 5) is 23.3. The Balaban J connectivity index is -0.0000000352. The van der Waals surface area contributed by atoms with Crippen LogP contribution >= 0.6 is 0 Å². The largest absolute Gasteiger partial charge is 0.397 e. The number of aliphatic hydroxyl groups is 2. The highest BCUT2D eigenvalue weighted by Gasteiger charge is 1.90. The number of Topliss-reactive ketones (excluding diaryl/α,β-unsaturated/α-hetero) is 1. The second kappa shape index (κ2) is 59.4. The summed E-state index contributed by atoms with van der Waals surface area (Å²) < 4.78 is 20.0. The summed E-state index contributed by atoms with van der Waals surface area (Å²) in [6.45, 7) is 24.0. The van der Waals surface area contributed by atoms with Crippen molar-refractivity contribution in [2.75, 3.05) is 38.2 Å². The van der Waals surface area contributed by atoms with E-state index in [0.717, 1.165) is 19.5 Å². The van der Waals surface area contributed by atoms with Crippen molar-refractivity contribution < 1.29 is 28.2 Å². The van der Waals surface area contributed by atoms with E-state index in [0.29, 0.717) is 13.0 Å². The van der Waals surface area contributed by atoms with Gasteiger partial charge in [-0.25, -0.2) is 8.42 Å². The van der Waals surface area contributed by atoms with E-state index in [1.54, 1.807) is 27.7 Å². The fourth-order valence-electron chi connectivity index (χ4n) is 0.432. The standard InChI is InChI=1S/C4H9NO.C4H10O.C4H8O.C3H9N3.C3H8O2S.C2H7N.C2H6O.C2H6.CH4/c1-3-5-4(2)6;2*1-3-4(2)5;1-2-6-3(4)5;1-3-6(2,4)5;2*1-2-3;1-2;/h3H2,1-2H3,(H,5,6);4-5H,3H2,1-2H3;3H2,1-2H3;2H2,1H3,(H4,4,5,6);3H2,1-2H3;2-3H2,1H3;3H,2H2,1H3;1-2H3;1H4. The average molecular weight is 566 g/mol. The molecule has 1 unspecified atom stereocenters. The summed E-state index contributed by atoms with van der Waals surface area (Å²) in [6.07, 6.45) is 2.63. The Labute approximate surface area is 231 Å². The number of rotatable bonds is 5. The van der Waals surface area contributed by atoms with Crippen LogP contribution in [0.1, 0.15) is 103 Å². The van der Waals surface area contributed by atoms with E-state index in [1.165, 1.54) is 13.2 Å². The van der Waals surface area contributed by atoms with Crippen molar-refractivity contribution in [2.45, 2.75) is 109 Å². The molecule has 0 aromatic heterocycles. The Bertz CT molecular complexity index is 510. The molecule has 0 aliphatic rings. The summed E-state index contributed by atoms with van der Waals surface area (Å²) in [7, 11) is -2.66.